The molecular weight excluding hydrogens is 408 g/mol. The van der Waals surface area contributed by atoms with Crippen LogP contribution in [0.5, 0.6) is 11.5 Å². The summed E-state index contributed by atoms with van der Waals surface area (Å²) >= 11 is 0. The van der Waals surface area contributed by atoms with Crippen LogP contribution in [-0.2, 0) is 16.1 Å². The number of hydrogen-bond donors (Lipinski definition) is 3. The van der Waals surface area contributed by atoms with Gasteiger partial charge >= 0.3 is 0 Å². The molecule has 2 aromatic rings. The number of aldehydes is 1. The summed E-state index contributed by atoms with van der Waals surface area (Å²) in [6.45, 7) is 8.10. The maximum atomic E-state index is 11.5. The van der Waals surface area contributed by atoms with Crippen molar-refractivity contribution in [2.75, 3.05) is 38.3 Å². The summed E-state index contributed by atoms with van der Waals surface area (Å²) in [7, 11) is 1.55. The van der Waals surface area contributed by atoms with Gasteiger partial charge in [-0.15, -0.1) is 0 Å². The lowest BCUT2D eigenvalue weighted by molar-refractivity contribution is -0.102. The molecule has 8 heteroatoms. The van der Waals surface area contributed by atoms with Gasteiger partial charge in [0, 0.05) is 37.0 Å². The molecule has 32 heavy (non-hydrogen) atoms. The number of ether oxygens (including phenoxy) is 2. The van der Waals surface area contributed by atoms with Crippen LogP contribution in [0, 0.1) is 5.41 Å². The quantitative estimate of drug-likeness (QED) is 0.250. The number of phenols is 1. The van der Waals surface area contributed by atoms with E-state index < -0.39 is 6.17 Å². The molecule has 3 rings (SSSR count). The lowest BCUT2D eigenvalue weighted by Crippen LogP contribution is -2.40. The highest BCUT2D eigenvalue weighted by Crippen LogP contribution is 2.37. The number of nitrogens with one attached hydrogen (secondary N) is 1. The Labute approximate surface area is 189 Å². The zero-order valence-electron chi connectivity index (χ0n) is 18.9. The molecule has 8 nitrogen and oxygen atoms in total. The van der Waals surface area contributed by atoms with E-state index in [1.165, 1.54) is 11.0 Å². The van der Waals surface area contributed by atoms with Crippen molar-refractivity contribution in [3.05, 3.63) is 53.1 Å². The van der Waals surface area contributed by atoms with Crippen LogP contribution < -0.4 is 15.4 Å². The Balaban J connectivity index is 1.90. The Bertz CT molecular complexity index is 940. The maximum absolute atomic E-state index is 11.5. The number of benzene rings is 2. The molecule has 0 aliphatic carbocycles. The lowest BCUT2D eigenvalue weighted by Gasteiger charge is -2.31. The molecule has 172 valence electrons. The number of methoxy groups -OCH3 is 1. The van der Waals surface area contributed by atoms with E-state index in [1.54, 1.807) is 13.2 Å². The fraction of sp³-hybridized carbons (Fsp3) is 0.417. The largest absolute Gasteiger partial charge is 0.507 e. The van der Waals surface area contributed by atoms with Crippen LogP contribution in [0.15, 0.2) is 36.4 Å². The van der Waals surface area contributed by atoms with Gasteiger partial charge in [0.2, 0.25) is 0 Å². The monoisotopic (exact) mass is 440 g/mol. The average Bonchev–Trinajstić information content (AvgIpc) is 2.80. The second-order valence-electron chi connectivity index (χ2n) is 8.18. The van der Waals surface area contributed by atoms with Crippen molar-refractivity contribution in [2.45, 2.75) is 32.5 Å². The van der Waals surface area contributed by atoms with Crippen molar-refractivity contribution in [2.24, 2.45) is 5.73 Å². The summed E-state index contributed by atoms with van der Waals surface area (Å²) in [4.78, 5) is 15.3. The number of amidine groups is 1. The fourth-order valence-electron chi connectivity index (χ4n) is 3.89. The zero-order valence-corrected chi connectivity index (χ0v) is 18.9. The number of anilines is 1. The first-order valence-electron chi connectivity index (χ1n) is 10.7. The minimum atomic E-state index is -0.929. The Morgan fingerprint density at radius 2 is 1.91 bits per heavy atom. The number of hydrogen-bond acceptors (Lipinski definition) is 7. The second kappa shape index (κ2) is 10.6. The minimum absolute atomic E-state index is 0.0496. The van der Waals surface area contributed by atoms with Gasteiger partial charge in [-0.1, -0.05) is 26.0 Å². The van der Waals surface area contributed by atoms with E-state index >= 15 is 0 Å². The number of rotatable bonds is 8. The molecular formula is C24H32N4O4. The van der Waals surface area contributed by atoms with Gasteiger partial charge in [-0.25, -0.2) is 0 Å². The highest BCUT2D eigenvalue weighted by molar-refractivity contribution is 6.32. The molecule has 0 spiro atoms. The Morgan fingerprint density at radius 1 is 1.25 bits per heavy atom. The summed E-state index contributed by atoms with van der Waals surface area (Å²) in [5.74, 6) is 0.360. The predicted molar refractivity (Wildman–Crippen MR) is 124 cm³/mol. The van der Waals surface area contributed by atoms with Gasteiger partial charge in [0.15, 0.2) is 12.1 Å². The van der Waals surface area contributed by atoms with Crippen molar-refractivity contribution in [3.63, 3.8) is 0 Å². The Kier molecular flexibility index (Phi) is 7.84. The molecule has 1 saturated heterocycles. The number of carbonyl (C=O) groups is 1. The van der Waals surface area contributed by atoms with Crippen LogP contribution in [0.4, 0.5) is 5.69 Å². The number of morpholine rings is 1. The smallest absolute Gasteiger partial charge is 0.185 e. The van der Waals surface area contributed by atoms with E-state index in [-0.39, 0.29) is 17.5 Å². The second-order valence-corrected chi connectivity index (χ2v) is 8.18. The van der Waals surface area contributed by atoms with Crippen molar-refractivity contribution >= 4 is 17.8 Å². The summed E-state index contributed by atoms with van der Waals surface area (Å²) in [6, 6.07) is 10.9. The summed E-state index contributed by atoms with van der Waals surface area (Å²) in [5, 5.41) is 18.8. The molecule has 1 aliphatic rings. The van der Waals surface area contributed by atoms with Crippen LogP contribution in [0.25, 0.3) is 0 Å². The Hall–Kier alpha value is -2.94. The number of carbonyl (C=O) groups excluding carboxylic acids is 1. The first-order chi connectivity index (χ1) is 15.3. The number of nitrogens with two attached hydrogens (primary N) is 1. The molecule has 0 saturated carbocycles. The normalized spacial score (nSPS) is 15.4. The van der Waals surface area contributed by atoms with Crippen LogP contribution in [0.2, 0.25) is 0 Å². The molecule has 2 aromatic carbocycles. The SMILES string of the molecule is COc1cc(O)c(C(N)N(C(=N)C=O)c2ccc(CN3CCOCC3)cc2)cc1C(C)C. The van der Waals surface area contributed by atoms with E-state index in [9.17, 15) is 9.90 Å². The van der Waals surface area contributed by atoms with Gasteiger partial charge in [-0.2, -0.15) is 0 Å². The van der Waals surface area contributed by atoms with Gasteiger partial charge in [0.1, 0.15) is 17.7 Å². The first-order valence-corrected chi connectivity index (χ1v) is 10.7. The van der Waals surface area contributed by atoms with Gasteiger partial charge in [0.05, 0.1) is 20.3 Å². The van der Waals surface area contributed by atoms with E-state index in [0.717, 1.165) is 44.0 Å². The van der Waals surface area contributed by atoms with Crippen molar-refractivity contribution in [1.82, 2.24) is 4.90 Å². The molecule has 1 heterocycles. The molecule has 1 fully saturated rings. The van der Waals surface area contributed by atoms with Gasteiger partial charge < -0.3 is 25.2 Å². The number of aromatic hydroxyl groups is 1. The zero-order chi connectivity index (χ0) is 23.3. The third-order valence-corrected chi connectivity index (χ3v) is 5.69. The van der Waals surface area contributed by atoms with E-state index in [2.05, 4.69) is 4.90 Å². The summed E-state index contributed by atoms with van der Waals surface area (Å²) in [6.07, 6.45) is -0.480. The molecule has 0 amide bonds. The maximum Gasteiger partial charge on any atom is 0.185 e. The first kappa shape index (κ1) is 23.7. The highest BCUT2D eigenvalue weighted by atomic mass is 16.5. The molecule has 0 aromatic heterocycles. The summed E-state index contributed by atoms with van der Waals surface area (Å²) in [5.41, 5.74) is 9.52. The fourth-order valence-corrected chi connectivity index (χ4v) is 3.89. The highest BCUT2D eigenvalue weighted by Gasteiger charge is 2.25. The molecule has 0 bridgehead atoms. The van der Waals surface area contributed by atoms with Gasteiger partial charge in [-0.3, -0.25) is 15.1 Å². The number of phenolic OH excluding ortho intramolecular Hbond substituents is 1. The van der Waals surface area contributed by atoms with Crippen LogP contribution in [0.3, 0.4) is 0 Å². The van der Waals surface area contributed by atoms with Gasteiger partial charge in [-0.05, 0) is 35.2 Å². The van der Waals surface area contributed by atoms with E-state index in [0.29, 0.717) is 23.3 Å². The molecule has 1 unspecified atom stereocenters. The lowest BCUT2D eigenvalue weighted by atomic mass is 9.97. The van der Waals surface area contributed by atoms with Crippen LogP contribution >= 0.6 is 0 Å². The molecule has 1 atom stereocenters. The molecule has 0 radical (unpaired) electrons. The Morgan fingerprint density at radius 3 is 2.47 bits per heavy atom. The minimum Gasteiger partial charge on any atom is -0.507 e. The number of nitrogens with zero attached hydrogens (tertiary/aromatic N) is 2. The van der Waals surface area contributed by atoms with Gasteiger partial charge in [0.25, 0.3) is 0 Å². The predicted octanol–water partition coefficient (Wildman–Crippen LogP) is 3.00. The average molecular weight is 441 g/mol. The van der Waals surface area contributed by atoms with Crippen LogP contribution in [-0.4, -0.2) is 55.5 Å². The third kappa shape index (κ3) is 5.27. The van der Waals surface area contributed by atoms with Crippen molar-refractivity contribution in [3.8, 4) is 11.5 Å². The standard InChI is InChI=1S/C24H32N4O4/c1-16(2)19-12-20(21(30)13-22(19)31-3)24(26)28(23(25)15-29)18-6-4-17(5-7-18)14-27-8-10-32-11-9-27/h4-7,12-13,15-16,24-25,30H,8-11,14,26H2,1-3H3. The third-order valence-electron chi connectivity index (χ3n) is 5.69. The van der Waals surface area contributed by atoms with Crippen LogP contribution in [0.1, 0.15) is 42.6 Å². The molecule has 4 N–H and O–H groups in total. The van der Waals surface area contributed by atoms with Crippen molar-refractivity contribution in [1.29, 1.82) is 5.41 Å². The van der Waals surface area contributed by atoms with E-state index in [4.69, 9.17) is 20.6 Å². The topological polar surface area (TPSA) is 112 Å². The van der Waals surface area contributed by atoms with E-state index in [1.807, 2.05) is 38.1 Å². The molecule has 1 aliphatic heterocycles. The summed E-state index contributed by atoms with van der Waals surface area (Å²) < 4.78 is 10.8. The van der Waals surface area contributed by atoms with Crippen molar-refractivity contribution < 1.29 is 19.4 Å².